The minimum absolute atomic E-state index is 0.0492. The Bertz CT molecular complexity index is 1310. The fourth-order valence-electron chi connectivity index (χ4n) is 4.15. The average Bonchev–Trinajstić information content (AvgIpc) is 3.16. The number of anilines is 1. The molecule has 2 N–H and O–H groups in total. The van der Waals surface area contributed by atoms with Crippen LogP contribution in [0, 0.1) is 5.82 Å². The lowest BCUT2D eigenvalue weighted by molar-refractivity contribution is -0.116. The minimum Gasteiger partial charge on any atom is -0.360 e. The first-order chi connectivity index (χ1) is 14.4. The molecule has 2 aromatic carbocycles. The molecule has 1 aromatic heterocycles. The third-order valence-corrected chi connectivity index (χ3v) is 7.63. The lowest BCUT2D eigenvalue weighted by Gasteiger charge is -2.26. The Balaban J connectivity index is 1.40. The number of sulfonamides is 1. The predicted molar refractivity (Wildman–Crippen MR) is 113 cm³/mol. The van der Waals surface area contributed by atoms with Crippen molar-refractivity contribution in [3.8, 4) is 0 Å². The van der Waals surface area contributed by atoms with Crippen molar-refractivity contribution < 1.29 is 17.6 Å². The number of H-pyrrole nitrogens is 1. The zero-order valence-electron chi connectivity index (χ0n) is 16.1. The minimum atomic E-state index is -3.63. The van der Waals surface area contributed by atoms with E-state index < -0.39 is 10.0 Å². The second-order valence-electron chi connectivity index (χ2n) is 7.60. The van der Waals surface area contributed by atoms with Crippen LogP contribution in [-0.4, -0.2) is 36.7 Å². The number of halogens is 1. The summed E-state index contributed by atoms with van der Waals surface area (Å²) in [4.78, 5) is 14.8. The van der Waals surface area contributed by atoms with Crippen molar-refractivity contribution in [2.24, 2.45) is 0 Å². The summed E-state index contributed by atoms with van der Waals surface area (Å²) in [5.74, 6) is -0.345. The van der Waals surface area contributed by atoms with E-state index in [1.54, 1.807) is 24.3 Å². The number of carbonyl (C=O) groups excluding carboxylic acids is 1. The number of carbonyl (C=O) groups is 1. The van der Waals surface area contributed by atoms with Gasteiger partial charge in [-0.15, -0.1) is 0 Å². The number of benzene rings is 2. The second kappa shape index (κ2) is 7.07. The monoisotopic (exact) mass is 425 g/mol. The molecule has 2 aliphatic heterocycles. The zero-order chi connectivity index (χ0) is 20.9. The first-order valence-electron chi connectivity index (χ1n) is 9.81. The molecule has 0 atom stereocenters. The highest BCUT2D eigenvalue weighted by atomic mass is 32.2. The van der Waals surface area contributed by atoms with Gasteiger partial charge in [-0.2, -0.15) is 4.31 Å². The fourth-order valence-corrected chi connectivity index (χ4v) is 5.58. The van der Waals surface area contributed by atoms with Gasteiger partial charge in [0.05, 0.1) is 4.90 Å². The van der Waals surface area contributed by atoms with Crippen LogP contribution in [0.25, 0.3) is 16.5 Å². The summed E-state index contributed by atoms with van der Waals surface area (Å²) in [5.41, 5.74) is 4.28. The molecule has 0 bridgehead atoms. The van der Waals surface area contributed by atoms with Gasteiger partial charge in [0.2, 0.25) is 15.9 Å². The van der Waals surface area contributed by atoms with Crippen molar-refractivity contribution in [1.82, 2.24) is 9.29 Å². The molecular formula is C22H20FN3O3S. The van der Waals surface area contributed by atoms with Gasteiger partial charge in [-0.05, 0) is 60.4 Å². The zero-order valence-corrected chi connectivity index (χ0v) is 16.9. The molecule has 3 aromatic rings. The molecule has 0 fully saturated rings. The predicted octanol–water partition coefficient (Wildman–Crippen LogP) is 3.67. The molecule has 0 unspecified atom stereocenters. The maximum absolute atomic E-state index is 13.4. The van der Waals surface area contributed by atoms with E-state index in [1.165, 1.54) is 16.4 Å². The first kappa shape index (κ1) is 19.0. The number of nitrogens with one attached hydrogen (secondary N) is 2. The van der Waals surface area contributed by atoms with Gasteiger partial charge in [0.25, 0.3) is 0 Å². The Morgan fingerprint density at radius 3 is 2.70 bits per heavy atom. The molecular weight excluding hydrogens is 405 g/mol. The third kappa shape index (κ3) is 3.22. The summed E-state index contributed by atoms with van der Waals surface area (Å²) in [7, 11) is -3.63. The highest BCUT2D eigenvalue weighted by Gasteiger charge is 2.28. The lowest BCUT2D eigenvalue weighted by Crippen LogP contribution is -2.34. The van der Waals surface area contributed by atoms with Crippen LogP contribution in [0.5, 0.6) is 0 Å². The fraction of sp³-hybridized carbons (Fsp3) is 0.227. The van der Waals surface area contributed by atoms with Crippen LogP contribution in [0.2, 0.25) is 0 Å². The van der Waals surface area contributed by atoms with Crippen molar-refractivity contribution in [3.63, 3.8) is 0 Å². The van der Waals surface area contributed by atoms with Gasteiger partial charge in [-0.3, -0.25) is 4.79 Å². The number of hydrogen-bond donors (Lipinski definition) is 2. The van der Waals surface area contributed by atoms with Crippen LogP contribution in [-0.2, 0) is 21.2 Å². The lowest BCUT2D eigenvalue weighted by atomic mass is 10.00. The van der Waals surface area contributed by atoms with E-state index in [2.05, 4.69) is 10.3 Å². The maximum atomic E-state index is 13.4. The molecule has 5 rings (SSSR count). The number of aromatic amines is 1. The average molecular weight is 425 g/mol. The van der Waals surface area contributed by atoms with E-state index in [0.717, 1.165) is 27.6 Å². The summed E-state index contributed by atoms with van der Waals surface area (Å²) in [5, 5.41) is 3.70. The molecule has 8 heteroatoms. The van der Waals surface area contributed by atoms with Crippen molar-refractivity contribution >= 4 is 38.1 Å². The number of aryl methyl sites for hydroxylation is 1. The van der Waals surface area contributed by atoms with Gasteiger partial charge in [-0.25, -0.2) is 12.8 Å². The first-order valence-corrected chi connectivity index (χ1v) is 11.2. The van der Waals surface area contributed by atoms with Crippen LogP contribution in [0.3, 0.4) is 0 Å². The number of aromatic nitrogens is 1. The molecule has 0 saturated heterocycles. The number of rotatable bonds is 3. The SMILES string of the molecule is O=C1CCc2cc(S(=O)(=O)N3CC=C(c4c[nH]c5cc(F)ccc45)CC3)ccc2N1. The Kier molecular flexibility index (Phi) is 4.48. The number of hydrogen-bond acceptors (Lipinski definition) is 3. The van der Waals surface area contributed by atoms with Crippen molar-refractivity contribution in [2.75, 3.05) is 18.4 Å². The summed E-state index contributed by atoms with van der Waals surface area (Å²) in [6.07, 6.45) is 5.24. The number of fused-ring (bicyclic) bond motifs is 2. The van der Waals surface area contributed by atoms with Crippen LogP contribution < -0.4 is 5.32 Å². The number of amides is 1. The summed E-state index contributed by atoms with van der Waals surface area (Å²) < 4.78 is 41.2. The van der Waals surface area contributed by atoms with Crippen LogP contribution in [0.1, 0.15) is 24.0 Å². The van der Waals surface area contributed by atoms with Gasteiger partial charge in [0.1, 0.15) is 5.82 Å². The molecule has 0 spiro atoms. The summed E-state index contributed by atoms with van der Waals surface area (Å²) >= 11 is 0. The van der Waals surface area contributed by atoms with E-state index in [9.17, 15) is 17.6 Å². The van der Waals surface area contributed by atoms with Crippen LogP contribution in [0.4, 0.5) is 10.1 Å². The quantitative estimate of drug-likeness (QED) is 0.672. The summed E-state index contributed by atoms with van der Waals surface area (Å²) in [6.45, 7) is 0.648. The van der Waals surface area contributed by atoms with E-state index in [-0.39, 0.29) is 23.2 Å². The molecule has 1 amide bonds. The van der Waals surface area contributed by atoms with Gasteiger partial charge in [-0.1, -0.05) is 6.08 Å². The molecule has 0 aliphatic carbocycles. The Labute approximate surface area is 173 Å². The summed E-state index contributed by atoms with van der Waals surface area (Å²) in [6, 6.07) is 9.50. The molecule has 0 radical (unpaired) electrons. The molecule has 3 heterocycles. The second-order valence-corrected chi connectivity index (χ2v) is 9.54. The van der Waals surface area contributed by atoms with E-state index in [1.807, 2.05) is 12.3 Å². The van der Waals surface area contributed by atoms with Crippen molar-refractivity contribution in [3.05, 3.63) is 65.6 Å². The topological polar surface area (TPSA) is 82.3 Å². The molecule has 6 nitrogen and oxygen atoms in total. The number of nitrogens with zero attached hydrogens (tertiary/aromatic N) is 1. The van der Waals surface area contributed by atoms with Gasteiger partial charge < -0.3 is 10.3 Å². The highest BCUT2D eigenvalue weighted by Crippen LogP contribution is 2.32. The normalized spacial score (nSPS) is 17.5. The van der Waals surface area contributed by atoms with Crippen LogP contribution in [0.15, 0.2) is 53.6 Å². The van der Waals surface area contributed by atoms with E-state index in [0.29, 0.717) is 31.5 Å². The third-order valence-electron chi connectivity index (χ3n) is 5.77. The Morgan fingerprint density at radius 2 is 1.90 bits per heavy atom. The Morgan fingerprint density at radius 1 is 1.03 bits per heavy atom. The molecule has 2 aliphatic rings. The van der Waals surface area contributed by atoms with Crippen LogP contribution >= 0.6 is 0 Å². The smallest absolute Gasteiger partial charge is 0.243 e. The van der Waals surface area contributed by atoms with Gasteiger partial charge >= 0.3 is 0 Å². The largest absolute Gasteiger partial charge is 0.360 e. The maximum Gasteiger partial charge on any atom is 0.243 e. The van der Waals surface area contributed by atoms with Gasteiger partial charge in [0.15, 0.2) is 0 Å². The van der Waals surface area contributed by atoms with E-state index >= 15 is 0 Å². The standard InChI is InChI=1S/C22H20FN3O3S/c23-16-2-4-18-19(13-24-21(18)12-16)14-7-9-26(10-8-14)30(28,29)17-3-5-20-15(11-17)1-6-22(27)25-20/h2-5,7,11-13,24H,1,6,8-10H2,(H,25,27). The molecule has 154 valence electrons. The highest BCUT2D eigenvalue weighted by molar-refractivity contribution is 7.89. The van der Waals surface area contributed by atoms with Crippen molar-refractivity contribution in [2.45, 2.75) is 24.2 Å². The van der Waals surface area contributed by atoms with Gasteiger partial charge in [0, 0.05) is 47.9 Å². The van der Waals surface area contributed by atoms with Crippen molar-refractivity contribution in [1.29, 1.82) is 0 Å². The van der Waals surface area contributed by atoms with E-state index in [4.69, 9.17) is 0 Å². The molecule has 30 heavy (non-hydrogen) atoms. The molecule has 0 saturated carbocycles. The Hall–Kier alpha value is -2.97.